The zero-order chi connectivity index (χ0) is 15.4. The van der Waals surface area contributed by atoms with E-state index in [1.54, 1.807) is 6.92 Å². The van der Waals surface area contributed by atoms with E-state index in [4.69, 9.17) is 5.11 Å². The number of carboxylic acid groups (broad SMARTS) is 1. The molecule has 120 valence electrons. The second-order valence-corrected chi connectivity index (χ2v) is 6.22. The van der Waals surface area contributed by atoms with Crippen LogP contribution in [0.15, 0.2) is 0 Å². The Balaban J connectivity index is 1.83. The fourth-order valence-corrected chi connectivity index (χ4v) is 3.30. The van der Waals surface area contributed by atoms with Crippen molar-refractivity contribution in [2.75, 3.05) is 33.2 Å². The molecule has 1 N–H and O–H groups in total. The molecule has 6 nitrogen and oxygen atoms in total. The largest absolute Gasteiger partial charge is 0.480 e. The molecule has 0 bridgehead atoms. The second kappa shape index (κ2) is 7.11. The molecule has 1 atom stereocenters. The number of nitrogens with zero attached hydrogens (tertiary/aromatic N) is 3. The standard InChI is InChI=1S/C15H27N3O3/c1-12(14(19)20)17-8-10-18(11-9-17)15(21)16(2)13-6-4-3-5-7-13/h12-13H,3-11H2,1-2H3,(H,19,20). The van der Waals surface area contributed by atoms with Gasteiger partial charge in [0.25, 0.3) is 0 Å². The fourth-order valence-electron chi connectivity index (χ4n) is 3.30. The SMILES string of the molecule is CC(C(=O)O)N1CCN(C(=O)N(C)C2CCCCC2)CC1. The molecule has 1 saturated heterocycles. The van der Waals surface area contributed by atoms with Gasteiger partial charge >= 0.3 is 12.0 Å². The Hall–Kier alpha value is -1.30. The monoisotopic (exact) mass is 297 g/mol. The fraction of sp³-hybridized carbons (Fsp3) is 0.867. The molecule has 0 aromatic carbocycles. The van der Waals surface area contributed by atoms with Gasteiger partial charge < -0.3 is 14.9 Å². The normalized spacial score (nSPS) is 22.9. The van der Waals surface area contributed by atoms with E-state index in [9.17, 15) is 9.59 Å². The van der Waals surface area contributed by atoms with Crippen molar-refractivity contribution in [1.82, 2.24) is 14.7 Å². The van der Waals surface area contributed by atoms with Crippen LogP contribution in [-0.4, -0.2) is 77.1 Å². The molecule has 2 amide bonds. The number of hydrogen-bond acceptors (Lipinski definition) is 3. The molecule has 0 aromatic heterocycles. The van der Waals surface area contributed by atoms with Crippen molar-refractivity contribution in [3.8, 4) is 0 Å². The van der Waals surface area contributed by atoms with Crippen molar-refractivity contribution < 1.29 is 14.7 Å². The average molecular weight is 297 g/mol. The van der Waals surface area contributed by atoms with E-state index in [0.717, 1.165) is 12.8 Å². The summed E-state index contributed by atoms with van der Waals surface area (Å²) in [5.41, 5.74) is 0. The molecule has 0 aromatic rings. The number of carboxylic acids is 1. The van der Waals surface area contributed by atoms with E-state index in [1.807, 2.05) is 21.7 Å². The van der Waals surface area contributed by atoms with Gasteiger partial charge in [-0.05, 0) is 19.8 Å². The molecule has 6 heteroatoms. The van der Waals surface area contributed by atoms with Crippen molar-refractivity contribution in [3.05, 3.63) is 0 Å². The Morgan fingerprint density at radius 2 is 1.67 bits per heavy atom. The van der Waals surface area contributed by atoms with E-state index in [-0.39, 0.29) is 6.03 Å². The van der Waals surface area contributed by atoms with Crippen molar-refractivity contribution in [1.29, 1.82) is 0 Å². The maximum Gasteiger partial charge on any atom is 0.320 e. The summed E-state index contributed by atoms with van der Waals surface area (Å²) in [6, 6.07) is 0.00470. The molecule has 21 heavy (non-hydrogen) atoms. The first-order chi connectivity index (χ1) is 10.0. The van der Waals surface area contributed by atoms with E-state index in [1.165, 1.54) is 19.3 Å². The Kier molecular flexibility index (Phi) is 5.45. The summed E-state index contributed by atoms with van der Waals surface area (Å²) in [4.78, 5) is 29.2. The average Bonchev–Trinajstić information content (AvgIpc) is 2.53. The lowest BCUT2D eigenvalue weighted by molar-refractivity contribution is -0.143. The maximum atomic E-state index is 12.5. The number of aliphatic carboxylic acids is 1. The van der Waals surface area contributed by atoms with Gasteiger partial charge in [0.05, 0.1) is 0 Å². The van der Waals surface area contributed by atoms with Crippen LogP contribution in [-0.2, 0) is 4.79 Å². The van der Waals surface area contributed by atoms with E-state index < -0.39 is 12.0 Å². The predicted molar refractivity (Wildman–Crippen MR) is 80.3 cm³/mol. The summed E-state index contributed by atoms with van der Waals surface area (Å²) in [6.45, 7) is 4.21. The van der Waals surface area contributed by atoms with Gasteiger partial charge in [0, 0.05) is 39.3 Å². The molecule has 1 saturated carbocycles. The second-order valence-electron chi connectivity index (χ2n) is 6.22. The molecular formula is C15H27N3O3. The van der Waals surface area contributed by atoms with Crippen LogP contribution in [0.25, 0.3) is 0 Å². The van der Waals surface area contributed by atoms with Crippen LogP contribution in [0.5, 0.6) is 0 Å². The smallest absolute Gasteiger partial charge is 0.320 e. The minimum absolute atomic E-state index is 0.101. The van der Waals surface area contributed by atoms with Gasteiger partial charge in [-0.1, -0.05) is 19.3 Å². The molecule has 1 unspecified atom stereocenters. The zero-order valence-corrected chi connectivity index (χ0v) is 13.1. The van der Waals surface area contributed by atoms with Crippen LogP contribution in [0.4, 0.5) is 4.79 Å². The van der Waals surface area contributed by atoms with Crippen molar-refractivity contribution in [3.63, 3.8) is 0 Å². The van der Waals surface area contributed by atoms with Gasteiger partial charge in [-0.2, -0.15) is 0 Å². The number of rotatable bonds is 3. The number of urea groups is 1. The molecule has 2 aliphatic rings. The first kappa shape index (κ1) is 16.1. The molecule has 0 radical (unpaired) electrons. The van der Waals surface area contributed by atoms with E-state index in [2.05, 4.69) is 0 Å². The Labute approximate surface area is 126 Å². The first-order valence-electron chi connectivity index (χ1n) is 7.99. The molecule has 0 spiro atoms. The minimum Gasteiger partial charge on any atom is -0.480 e. The van der Waals surface area contributed by atoms with Gasteiger partial charge in [0.2, 0.25) is 0 Å². The highest BCUT2D eigenvalue weighted by molar-refractivity contribution is 5.75. The van der Waals surface area contributed by atoms with Crippen LogP contribution in [0.1, 0.15) is 39.0 Å². The summed E-state index contributed by atoms with van der Waals surface area (Å²) < 4.78 is 0. The highest BCUT2D eigenvalue weighted by atomic mass is 16.4. The van der Waals surface area contributed by atoms with Crippen molar-refractivity contribution in [2.45, 2.75) is 51.1 Å². The summed E-state index contributed by atoms with van der Waals surface area (Å²) in [7, 11) is 1.91. The van der Waals surface area contributed by atoms with Gasteiger partial charge in [0.15, 0.2) is 0 Å². The van der Waals surface area contributed by atoms with Crippen LogP contribution in [0.2, 0.25) is 0 Å². The minimum atomic E-state index is -0.797. The summed E-state index contributed by atoms with van der Waals surface area (Å²) in [5.74, 6) is -0.797. The zero-order valence-electron chi connectivity index (χ0n) is 13.1. The third-order valence-corrected chi connectivity index (χ3v) is 4.91. The van der Waals surface area contributed by atoms with Gasteiger partial charge in [-0.25, -0.2) is 4.79 Å². The Morgan fingerprint density at radius 3 is 2.19 bits per heavy atom. The lowest BCUT2D eigenvalue weighted by Crippen LogP contribution is -2.56. The highest BCUT2D eigenvalue weighted by Crippen LogP contribution is 2.22. The number of carbonyl (C=O) groups is 2. The molecule has 2 fully saturated rings. The van der Waals surface area contributed by atoms with Crippen LogP contribution in [0.3, 0.4) is 0 Å². The molecular weight excluding hydrogens is 270 g/mol. The first-order valence-corrected chi connectivity index (χ1v) is 7.99. The summed E-state index contributed by atoms with van der Waals surface area (Å²) in [5, 5.41) is 9.04. The van der Waals surface area contributed by atoms with Crippen LogP contribution in [0, 0.1) is 0 Å². The van der Waals surface area contributed by atoms with Gasteiger partial charge in [-0.15, -0.1) is 0 Å². The van der Waals surface area contributed by atoms with E-state index in [0.29, 0.717) is 32.2 Å². The molecule has 1 aliphatic carbocycles. The third-order valence-electron chi connectivity index (χ3n) is 4.91. The van der Waals surface area contributed by atoms with Crippen molar-refractivity contribution in [2.24, 2.45) is 0 Å². The predicted octanol–water partition coefficient (Wildman–Crippen LogP) is 1.46. The number of carbonyl (C=O) groups excluding carboxylic acids is 1. The number of piperazine rings is 1. The summed E-state index contributed by atoms with van der Waals surface area (Å²) >= 11 is 0. The lowest BCUT2D eigenvalue weighted by Gasteiger charge is -2.40. The van der Waals surface area contributed by atoms with E-state index >= 15 is 0 Å². The van der Waals surface area contributed by atoms with Gasteiger partial charge in [-0.3, -0.25) is 9.69 Å². The lowest BCUT2D eigenvalue weighted by atomic mass is 9.95. The maximum absolute atomic E-state index is 12.5. The summed E-state index contributed by atoms with van der Waals surface area (Å²) in [6.07, 6.45) is 5.93. The number of amides is 2. The molecule has 2 rings (SSSR count). The highest BCUT2D eigenvalue weighted by Gasteiger charge is 2.30. The molecule has 1 heterocycles. The van der Waals surface area contributed by atoms with Crippen molar-refractivity contribution >= 4 is 12.0 Å². The Morgan fingerprint density at radius 1 is 1.10 bits per heavy atom. The van der Waals surface area contributed by atoms with Crippen LogP contribution < -0.4 is 0 Å². The topological polar surface area (TPSA) is 64.1 Å². The third kappa shape index (κ3) is 3.87. The van der Waals surface area contributed by atoms with Gasteiger partial charge in [0.1, 0.15) is 6.04 Å². The Bertz CT molecular complexity index is 374. The van der Waals surface area contributed by atoms with Crippen LogP contribution >= 0.6 is 0 Å². The number of hydrogen-bond donors (Lipinski definition) is 1. The molecule has 1 aliphatic heterocycles. The quantitative estimate of drug-likeness (QED) is 0.856.